The Morgan fingerprint density at radius 2 is 1.81 bits per heavy atom. The van der Waals surface area contributed by atoms with E-state index >= 15 is 0 Å². The van der Waals surface area contributed by atoms with Crippen molar-refractivity contribution in [2.45, 2.75) is 25.2 Å². The number of hydrogen-bond donors (Lipinski definition) is 0. The normalized spacial score (nSPS) is 18.1. The van der Waals surface area contributed by atoms with Gasteiger partial charge in [-0.2, -0.15) is 5.26 Å². The minimum Gasteiger partial charge on any atom is -0.329 e. The third kappa shape index (κ3) is 2.45. The van der Waals surface area contributed by atoms with E-state index in [1.165, 1.54) is 12.1 Å². The summed E-state index contributed by atoms with van der Waals surface area (Å²) in [5.74, 6) is -2.45. The molecule has 0 saturated heterocycles. The molecule has 0 radical (unpaired) electrons. The first-order chi connectivity index (χ1) is 12.6. The van der Waals surface area contributed by atoms with Crippen molar-refractivity contribution in [3.8, 4) is 6.07 Å². The van der Waals surface area contributed by atoms with Crippen molar-refractivity contribution in [2.24, 2.45) is 0 Å². The summed E-state index contributed by atoms with van der Waals surface area (Å²) in [6, 6.07) is 13.6. The molecule has 0 N–H and O–H groups in total. The van der Waals surface area contributed by atoms with Crippen molar-refractivity contribution in [3.63, 3.8) is 0 Å². The number of carbonyl (C=O) groups is 3. The van der Waals surface area contributed by atoms with E-state index < -0.39 is 23.7 Å². The van der Waals surface area contributed by atoms with E-state index in [0.29, 0.717) is 17.0 Å². The highest BCUT2D eigenvalue weighted by Gasteiger charge is 2.40. The summed E-state index contributed by atoms with van der Waals surface area (Å²) in [4.78, 5) is 42.6. The van der Waals surface area contributed by atoms with Crippen LogP contribution in [0.4, 0.5) is 0 Å². The van der Waals surface area contributed by atoms with E-state index in [1.54, 1.807) is 30.3 Å². The molecule has 4 rings (SSSR count). The number of imide groups is 1. The van der Waals surface area contributed by atoms with E-state index in [4.69, 9.17) is 10.1 Å². The zero-order chi connectivity index (χ0) is 18.3. The zero-order valence-electron chi connectivity index (χ0n) is 13.8. The maximum atomic E-state index is 12.7. The molecule has 128 valence electrons. The molecule has 6 heteroatoms. The Labute approximate surface area is 149 Å². The van der Waals surface area contributed by atoms with Crippen molar-refractivity contribution in [3.05, 3.63) is 70.3 Å². The fraction of sp³-hybridized carbons (Fsp3) is 0.200. The van der Waals surface area contributed by atoms with Gasteiger partial charge in [-0.3, -0.25) is 9.59 Å². The summed E-state index contributed by atoms with van der Waals surface area (Å²) in [6.45, 7) is 0. The zero-order valence-corrected chi connectivity index (χ0v) is 13.8. The first kappa shape index (κ1) is 16.0. The van der Waals surface area contributed by atoms with Gasteiger partial charge in [0.25, 0.3) is 11.8 Å². The lowest BCUT2D eigenvalue weighted by Crippen LogP contribution is -2.35. The number of benzene rings is 2. The second-order valence-corrected chi connectivity index (χ2v) is 6.33. The monoisotopic (exact) mass is 346 g/mol. The van der Waals surface area contributed by atoms with Crippen molar-refractivity contribution >= 4 is 17.8 Å². The SMILES string of the molecule is N#Cc1ccc2c(c1)CCCC2C(=O)ON1C(=O)c2ccccc2C1=O. The van der Waals surface area contributed by atoms with Crippen LogP contribution in [0.1, 0.15) is 56.2 Å². The van der Waals surface area contributed by atoms with Crippen LogP contribution < -0.4 is 0 Å². The van der Waals surface area contributed by atoms with Gasteiger partial charge in [-0.25, -0.2) is 4.79 Å². The van der Waals surface area contributed by atoms with Crippen LogP contribution >= 0.6 is 0 Å². The van der Waals surface area contributed by atoms with E-state index in [2.05, 4.69) is 6.07 Å². The molecule has 0 bridgehead atoms. The van der Waals surface area contributed by atoms with Crippen LogP contribution in [0.15, 0.2) is 42.5 Å². The van der Waals surface area contributed by atoms with Gasteiger partial charge >= 0.3 is 5.97 Å². The van der Waals surface area contributed by atoms with Crippen LogP contribution in [0, 0.1) is 11.3 Å². The van der Waals surface area contributed by atoms with E-state index in [-0.39, 0.29) is 11.1 Å². The van der Waals surface area contributed by atoms with Gasteiger partial charge in [0.15, 0.2) is 0 Å². The molecule has 2 amide bonds. The maximum Gasteiger partial charge on any atom is 0.340 e. The Morgan fingerprint density at radius 1 is 1.12 bits per heavy atom. The van der Waals surface area contributed by atoms with Gasteiger partial charge in [-0.15, -0.1) is 0 Å². The van der Waals surface area contributed by atoms with Crippen molar-refractivity contribution in [2.75, 3.05) is 0 Å². The number of hydroxylamine groups is 2. The maximum absolute atomic E-state index is 12.7. The Balaban J connectivity index is 1.59. The molecule has 0 spiro atoms. The molecule has 0 fully saturated rings. The summed E-state index contributed by atoms with van der Waals surface area (Å²) in [5, 5.41) is 9.57. The Kier molecular flexibility index (Phi) is 3.77. The van der Waals surface area contributed by atoms with Gasteiger partial charge in [0.1, 0.15) is 0 Å². The van der Waals surface area contributed by atoms with E-state index in [9.17, 15) is 14.4 Å². The number of fused-ring (bicyclic) bond motifs is 2. The molecule has 0 saturated carbocycles. The topological polar surface area (TPSA) is 87.5 Å². The minimum absolute atomic E-state index is 0.230. The third-order valence-electron chi connectivity index (χ3n) is 4.81. The summed E-state index contributed by atoms with van der Waals surface area (Å²) in [7, 11) is 0. The Bertz CT molecular complexity index is 955. The summed E-state index contributed by atoms with van der Waals surface area (Å²) >= 11 is 0. The van der Waals surface area contributed by atoms with Crippen LogP contribution in [-0.2, 0) is 16.1 Å². The minimum atomic E-state index is -0.634. The van der Waals surface area contributed by atoms with Crippen molar-refractivity contribution < 1.29 is 19.2 Å². The molecule has 0 aromatic heterocycles. The fourth-order valence-electron chi connectivity index (χ4n) is 3.53. The molecule has 2 aliphatic rings. The van der Waals surface area contributed by atoms with Crippen molar-refractivity contribution in [1.82, 2.24) is 5.06 Å². The first-order valence-corrected chi connectivity index (χ1v) is 8.32. The number of carbonyl (C=O) groups excluding carboxylic acids is 3. The molecule has 1 aliphatic heterocycles. The second-order valence-electron chi connectivity index (χ2n) is 6.33. The van der Waals surface area contributed by atoms with Crippen LogP contribution in [0.2, 0.25) is 0 Å². The average Bonchev–Trinajstić information content (AvgIpc) is 2.92. The molecular formula is C20H14N2O4. The van der Waals surface area contributed by atoms with Gasteiger partial charge in [0, 0.05) is 0 Å². The van der Waals surface area contributed by atoms with Crippen LogP contribution in [0.3, 0.4) is 0 Å². The molecular weight excluding hydrogens is 332 g/mol. The van der Waals surface area contributed by atoms with Crippen LogP contribution in [0.5, 0.6) is 0 Å². The number of amides is 2. The molecule has 1 unspecified atom stereocenters. The molecule has 1 atom stereocenters. The summed E-state index contributed by atoms with van der Waals surface area (Å²) in [5.41, 5.74) is 2.72. The van der Waals surface area contributed by atoms with Gasteiger partial charge < -0.3 is 4.84 Å². The molecule has 2 aromatic carbocycles. The van der Waals surface area contributed by atoms with Gasteiger partial charge in [-0.05, 0) is 54.7 Å². The molecule has 1 aliphatic carbocycles. The highest BCUT2D eigenvalue weighted by molar-refractivity contribution is 6.20. The highest BCUT2D eigenvalue weighted by Crippen LogP contribution is 2.34. The van der Waals surface area contributed by atoms with Crippen LogP contribution in [0.25, 0.3) is 0 Å². The first-order valence-electron chi connectivity index (χ1n) is 8.32. The number of rotatable bonds is 2. The van der Waals surface area contributed by atoms with E-state index in [0.717, 1.165) is 24.0 Å². The Morgan fingerprint density at radius 3 is 2.46 bits per heavy atom. The van der Waals surface area contributed by atoms with Gasteiger partial charge in [0.05, 0.1) is 28.7 Å². The lowest BCUT2D eigenvalue weighted by atomic mass is 9.82. The lowest BCUT2D eigenvalue weighted by Gasteiger charge is -2.25. The van der Waals surface area contributed by atoms with Gasteiger partial charge in [0.2, 0.25) is 0 Å². The summed E-state index contributed by atoms with van der Waals surface area (Å²) < 4.78 is 0. The second kappa shape index (κ2) is 6.12. The van der Waals surface area contributed by atoms with E-state index in [1.807, 2.05) is 0 Å². The van der Waals surface area contributed by atoms with Crippen LogP contribution in [-0.4, -0.2) is 22.8 Å². The highest BCUT2D eigenvalue weighted by atomic mass is 16.7. The number of nitriles is 1. The lowest BCUT2D eigenvalue weighted by molar-refractivity contribution is -0.170. The molecule has 6 nitrogen and oxygen atoms in total. The number of hydrogen-bond acceptors (Lipinski definition) is 5. The fourth-order valence-corrected chi connectivity index (χ4v) is 3.53. The van der Waals surface area contributed by atoms with Gasteiger partial charge in [-0.1, -0.05) is 23.3 Å². The molecule has 2 aromatic rings. The predicted octanol–water partition coefficient (Wildman–Crippen LogP) is 2.73. The number of aryl methyl sites for hydroxylation is 1. The average molecular weight is 346 g/mol. The molecule has 26 heavy (non-hydrogen) atoms. The Hall–Kier alpha value is -3.46. The largest absolute Gasteiger partial charge is 0.340 e. The van der Waals surface area contributed by atoms with Crippen molar-refractivity contribution in [1.29, 1.82) is 5.26 Å². The quantitative estimate of drug-likeness (QED) is 0.780. The summed E-state index contributed by atoms with van der Waals surface area (Å²) in [6.07, 6.45) is 2.12. The smallest absolute Gasteiger partial charge is 0.329 e. The third-order valence-corrected chi connectivity index (χ3v) is 4.81. The molecule has 1 heterocycles. The number of nitrogens with zero attached hydrogens (tertiary/aromatic N) is 2. The standard InChI is InChI=1S/C20H14N2O4/c21-11-12-8-9-14-13(10-12)4-3-7-17(14)20(25)26-22-18(23)15-5-1-2-6-16(15)19(22)24/h1-2,5-6,8-10,17H,3-4,7H2. The predicted molar refractivity (Wildman–Crippen MR) is 89.9 cm³/mol.